The Hall–Kier alpha value is -3.73. The van der Waals surface area contributed by atoms with E-state index < -0.39 is 0 Å². The Morgan fingerprint density at radius 2 is 1.69 bits per heavy atom. The Bertz CT molecular complexity index is 1160. The van der Waals surface area contributed by atoms with Gasteiger partial charge in [0.1, 0.15) is 5.52 Å². The van der Waals surface area contributed by atoms with Crippen LogP contribution in [0.4, 0.5) is 5.69 Å². The highest BCUT2D eigenvalue weighted by Gasteiger charge is 2.09. The molecule has 0 aliphatic heterocycles. The van der Waals surface area contributed by atoms with E-state index >= 15 is 0 Å². The van der Waals surface area contributed by atoms with Crippen molar-refractivity contribution in [1.82, 2.24) is 4.98 Å². The topological polar surface area (TPSA) is 64.7 Å². The lowest BCUT2D eigenvalue weighted by molar-refractivity contribution is 0.0600. The predicted octanol–water partition coefficient (Wildman–Crippen LogP) is 5.65. The third kappa shape index (κ3) is 3.94. The summed E-state index contributed by atoms with van der Waals surface area (Å²) in [5.41, 5.74) is 7.16. The van der Waals surface area contributed by atoms with Gasteiger partial charge in [-0.2, -0.15) is 0 Å². The molecule has 0 N–H and O–H groups in total. The lowest BCUT2D eigenvalue weighted by Gasteiger charge is -2.00. The van der Waals surface area contributed by atoms with Gasteiger partial charge < -0.3 is 9.15 Å². The monoisotopic (exact) mass is 384 g/mol. The van der Waals surface area contributed by atoms with E-state index in [4.69, 9.17) is 9.15 Å². The van der Waals surface area contributed by atoms with Crippen molar-refractivity contribution in [2.75, 3.05) is 7.11 Å². The minimum absolute atomic E-state index is 0.353. The molecule has 5 nitrogen and oxygen atoms in total. The Morgan fingerprint density at radius 1 is 1.00 bits per heavy atom. The van der Waals surface area contributed by atoms with Gasteiger partial charge in [0, 0.05) is 11.8 Å². The molecule has 1 aromatic heterocycles. The molecule has 1 heterocycles. The van der Waals surface area contributed by atoms with Crippen LogP contribution in [0.3, 0.4) is 0 Å². The molecule has 144 valence electrons. The first-order valence-electron chi connectivity index (χ1n) is 9.24. The van der Waals surface area contributed by atoms with Crippen molar-refractivity contribution in [2.45, 2.75) is 13.8 Å². The minimum atomic E-state index is -0.353. The van der Waals surface area contributed by atoms with Gasteiger partial charge in [-0.05, 0) is 79.1 Å². The molecule has 5 heteroatoms. The van der Waals surface area contributed by atoms with Gasteiger partial charge >= 0.3 is 5.97 Å². The highest BCUT2D eigenvalue weighted by Crippen LogP contribution is 2.27. The number of aliphatic imine (C=N–C) groups is 1. The van der Waals surface area contributed by atoms with E-state index in [9.17, 15) is 4.79 Å². The Morgan fingerprint density at radius 3 is 2.38 bits per heavy atom. The van der Waals surface area contributed by atoms with Crippen LogP contribution in [0.2, 0.25) is 0 Å². The van der Waals surface area contributed by atoms with E-state index in [1.54, 1.807) is 18.3 Å². The standard InChI is InChI=1S/C24H20N2O3/c1-15-12-21-22(13-16(15)2)29-23(26-21)18-8-10-20(11-9-18)25-14-17-4-6-19(7-5-17)24(27)28-3/h4-14H,1-3H3. The van der Waals surface area contributed by atoms with Crippen molar-refractivity contribution >= 4 is 29.0 Å². The summed E-state index contributed by atoms with van der Waals surface area (Å²) in [4.78, 5) is 20.5. The molecule has 0 unspecified atom stereocenters. The number of hydrogen-bond acceptors (Lipinski definition) is 5. The summed E-state index contributed by atoms with van der Waals surface area (Å²) in [5, 5.41) is 0. The lowest BCUT2D eigenvalue weighted by atomic mass is 10.1. The van der Waals surface area contributed by atoms with Gasteiger partial charge in [0.25, 0.3) is 0 Å². The van der Waals surface area contributed by atoms with Crippen LogP contribution in [-0.4, -0.2) is 24.3 Å². The maximum atomic E-state index is 11.5. The molecule has 0 fully saturated rings. The maximum absolute atomic E-state index is 11.5. The van der Waals surface area contributed by atoms with Crippen LogP contribution >= 0.6 is 0 Å². The highest BCUT2D eigenvalue weighted by molar-refractivity contribution is 5.91. The summed E-state index contributed by atoms with van der Waals surface area (Å²) in [6.07, 6.45) is 1.75. The van der Waals surface area contributed by atoms with Crippen molar-refractivity contribution in [3.63, 3.8) is 0 Å². The number of rotatable bonds is 4. The Balaban J connectivity index is 1.52. The minimum Gasteiger partial charge on any atom is -0.465 e. The van der Waals surface area contributed by atoms with Crippen molar-refractivity contribution < 1.29 is 13.9 Å². The first-order valence-corrected chi connectivity index (χ1v) is 9.24. The number of esters is 1. The summed E-state index contributed by atoms with van der Waals surface area (Å²) >= 11 is 0. The molecular formula is C24H20N2O3. The van der Waals surface area contributed by atoms with Gasteiger partial charge in [-0.1, -0.05) is 12.1 Å². The molecule has 0 saturated carbocycles. The second-order valence-corrected chi connectivity index (χ2v) is 6.84. The van der Waals surface area contributed by atoms with Gasteiger partial charge in [-0.25, -0.2) is 9.78 Å². The number of fused-ring (bicyclic) bond motifs is 1. The molecule has 0 atom stereocenters. The second-order valence-electron chi connectivity index (χ2n) is 6.84. The summed E-state index contributed by atoms with van der Waals surface area (Å²) in [5.74, 6) is 0.243. The summed E-state index contributed by atoms with van der Waals surface area (Å²) in [7, 11) is 1.37. The quantitative estimate of drug-likeness (QED) is 0.337. The van der Waals surface area contributed by atoms with Gasteiger partial charge in [0.2, 0.25) is 5.89 Å². The van der Waals surface area contributed by atoms with Crippen LogP contribution < -0.4 is 0 Å². The maximum Gasteiger partial charge on any atom is 0.337 e. The third-order valence-electron chi connectivity index (χ3n) is 4.81. The molecule has 0 spiro atoms. The molecule has 0 aliphatic carbocycles. The summed E-state index contributed by atoms with van der Waals surface area (Å²) in [6.45, 7) is 4.13. The molecular weight excluding hydrogens is 364 g/mol. The van der Waals surface area contributed by atoms with Crippen LogP contribution in [0.25, 0.3) is 22.6 Å². The van der Waals surface area contributed by atoms with E-state index in [1.165, 1.54) is 18.2 Å². The average molecular weight is 384 g/mol. The van der Waals surface area contributed by atoms with Crippen LogP contribution in [0, 0.1) is 13.8 Å². The van der Waals surface area contributed by atoms with Crippen LogP contribution in [0.1, 0.15) is 27.0 Å². The van der Waals surface area contributed by atoms with Crippen LogP contribution in [0.5, 0.6) is 0 Å². The van der Waals surface area contributed by atoms with E-state index in [2.05, 4.69) is 23.8 Å². The lowest BCUT2D eigenvalue weighted by Crippen LogP contribution is -2.00. The fourth-order valence-electron chi connectivity index (χ4n) is 2.97. The summed E-state index contributed by atoms with van der Waals surface area (Å²) in [6, 6.07) is 18.9. The number of aromatic nitrogens is 1. The van der Waals surface area contributed by atoms with Gasteiger partial charge in [-0.3, -0.25) is 4.99 Å². The van der Waals surface area contributed by atoms with Gasteiger partial charge in [0.05, 0.1) is 18.4 Å². The molecule has 3 aromatic carbocycles. The number of hydrogen-bond donors (Lipinski definition) is 0. The van der Waals surface area contributed by atoms with E-state index in [-0.39, 0.29) is 5.97 Å². The average Bonchev–Trinajstić information content (AvgIpc) is 3.15. The van der Waals surface area contributed by atoms with Crippen molar-refractivity contribution in [3.05, 3.63) is 82.9 Å². The summed E-state index contributed by atoms with van der Waals surface area (Å²) < 4.78 is 10.6. The molecule has 4 aromatic rings. The van der Waals surface area contributed by atoms with Gasteiger partial charge in [0.15, 0.2) is 5.58 Å². The number of nitrogens with zero attached hydrogens (tertiary/aromatic N) is 2. The first kappa shape index (κ1) is 18.6. The second kappa shape index (κ2) is 7.72. The van der Waals surface area contributed by atoms with E-state index in [0.717, 1.165) is 27.9 Å². The van der Waals surface area contributed by atoms with Crippen molar-refractivity contribution in [3.8, 4) is 11.5 Å². The molecule has 0 saturated heterocycles. The number of oxazole rings is 1. The zero-order chi connectivity index (χ0) is 20.4. The molecule has 0 amide bonds. The van der Waals surface area contributed by atoms with Crippen LogP contribution in [0.15, 0.2) is 70.1 Å². The van der Waals surface area contributed by atoms with E-state index in [1.807, 2.05) is 48.5 Å². The van der Waals surface area contributed by atoms with Crippen molar-refractivity contribution in [1.29, 1.82) is 0 Å². The van der Waals surface area contributed by atoms with Gasteiger partial charge in [-0.15, -0.1) is 0 Å². The predicted molar refractivity (Wildman–Crippen MR) is 114 cm³/mol. The fraction of sp³-hybridized carbons (Fsp3) is 0.125. The molecule has 0 radical (unpaired) electrons. The largest absolute Gasteiger partial charge is 0.465 e. The smallest absolute Gasteiger partial charge is 0.337 e. The number of methoxy groups -OCH3 is 1. The number of carbonyl (C=O) groups is 1. The fourth-order valence-corrected chi connectivity index (χ4v) is 2.97. The zero-order valence-corrected chi connectivity index (χ0v) is 16.5. The van der Waals surface area contributed by atoms with Crippen molar-refractivity contribution in [2.24, 2.45) is 4.99 Å². The number of aryl methyl sites for hydroxylation is 2. The molecule has 0 aliphatic rings. The first-order chi connectivity index (χ1) is 14.0. The SMILES string of the molecule is COC(=O)c1ccc(C=Nc2ccc(-c3nc4cc(C)c(C)cc4o3)cc2)cc1. The van der Waals surface area contributed by atoms with E-state index in [0.29, 0.717) is 11.5 Å². The zero-order valence-electron chi connectivity index (χ0n) is 16.5. The highest BCUT2D eigenvalue weighted by atomic mass is 16.5. The molecule has 0 bridgehead atoms. The Kier molecular flexibility index (Phi) is 4.96. The Labute approximate surface area is 168 Å². The normalized spacial score (nSPS) is 11.3. The number of carbonyl (C=O) groups excluding carboxylic acids is 1. The third-order valence-corrected chi connectivity index (χ3v) is 4.81. The molecule has 4 rings (SSSR count). The number of ether oxygens (including phenoxy) is 1. The molecule has 29 heavy (non-hydrogen) atoms. The number of benzene rings is 3. The van der Waals surface area contributed by atoms with Crippen LogP contribution in [-0.2, 0) is 4.74 Å².